The number of benzene rings is 7. The average molecular weight is 589 g/mol. The van der Waals surface area contributed by atoms with Crippen molar-refractivity contribution in [3.63, 3.8) is 0 Å². The first-order chi connectivity index (χ1) is 22.5. The summed E-state index contributed by atoms with van der Waals surface area (Å²) in [7, 11) is 0. The minimum Gasteiger partial charge on any atom is -0.472 e. The predicted octanol–water partition coefficient (Wildman–Crippen LogP) is 11.6. The monoisotopic (exact) mass is 588 g/mol. The number of ether oxygens (including phenoxy) is 1. The lowest BCUT2D eigenvalue weighted by Crippen LogP contribution is -2.35. The second kappa shape index (κ2) is 8.86. The molecule has 1 unspecified atom stereocenters. The summed E-state index contributed by atoms with van der Waals surface area (Å²) < 4.78 is 7.64. The molecule has 1 atom stereocenters. The van der Waals surface area contributed by atoms with E-state index in [0.717, 1.165) is 22.3 Å². The maximum Gasteiger partial charge on any atom is 0.178 e. The second-order valence-corrected chi connectivity index (χ2v) is 13.7. The third-order valence-corrected chi connectivity index (χ3v) is 10.8. The molecule has 0 saturated carbocycles. The summed E-state index contributed by atoms with van der Waals surface area (Å²) in [6.45, 7) is 6.95. The van der Waals surface area contributed by atoms with E-state index in [1.165, 1.54) is 71.8 Å². The summed E-state index contributed by atoms with van der Waals surface area (Å²) in [5.41, 5.74) is 14.4. The van der Waals surface area contributed by atoms with E-state index in [1.807, 2.05) is 0 Å². The number of rotatable bonds is 2. The molecule has 0 fully saturated rings. The van der Waals surface area contributed by atoms with Gasteiger partial charge in [0.2, 0.25) is 0 Å². The van der Waals surface area contributed by atoms with Crippen molar-refractivity contribution in [1.29, 1.82) is 0 Å². The van der Waals surface area contributed by atoms with Crippen LogP contribution >= 0.6 is 0 Å². The van der Waals surface area contributed by atoms with Crippen molar-refractivity contribution < 1.29 is 4.74 Å². The summed E-state index contributed by atoms with van der Waals surface area (Å²) in [6, 6.07) is 46.7. The topological polar surface area (TPSA) is 9.23 Å². The molecule has 7 aromatic carbocycles. The van der Waals surface area contributed by atoms with Gasteiger partial charge >= 0.3 is 0 Å². The molecule has 10 rings (SSSR count). The molecule has 0 bridgehead atoms. The molecule has 218 valence electrons. The summed E-state index contributed by atoms with van der Waals surface area (Å²) >= 11 is 0. The van der Waals surface area contributed by atoms with Crippen LogP contribution in [0.3, 0.4) is 0 Å². The van der Waals surface area contributed by atoms with Crippen LogP contribution in [0.2, 0.25) is 0 Å². The lowest BCUT2D eigenvalue weighted by molar-refractivity contribution is 0.165. The molecule has 46 heavy (non-hydrogen) atoms. The van der Waals surface area contributed by atoms with Gasteiger partial charge < -0.3 is 4.74 Å². The summed E-state index contributed by atoms with van der Waals surface area (Å²) in [6.07, 6.45) is 4.70. The Morgan fingerprint density at radius 1 is 0.543 bits per heavy atom. The van der Waals surface area contributed by atoms with Gasteiger partial charge in [-0.3, -0.25) is 0 Å². The molecule has 1 aliphatic heterocycles. The molecular weight excluding hydrogens is 556 g/mol. The van der Waals surface area contributed by atoms with Crippen molar-refractivity contribution in [3.05, 3.63) is 167 Å². The molecule has 3 aliphatic rings. The number of fused-ring (bicyclic) bond motifs is 11. The highest BCUT2D eigenvalue weighted by atomic mass is 16.5. The molecule has 1 heteroatoms. The van der Waals surface area contributed by atoms with Gasteiger partial charge in [0.25, 0.3) is 0 Å². The first kappa shape index (κ1) is 25.9. The Balaban J connectivity index is 1.29. The first-order valence-corrected chi connectivity index (χ1v) is 16.3. The van der Waals surface area contributed by atoms with E-state index >= 15 is 0 Å². The molecule has 0 spiro atoms. The van der Waals surface area contributed by atoms with Crippen molar-refractivity contribution >= 4 is 27.6 Å². The van der Waals surface area contributed by atoms with E-state index in [1.54, 1.807) is 0 Å². The van der Waals surface area contributed by atoms with Crippen molar-refractivity contribution in [2.45, 2.75) is 31.8 Å². The highest BCUT2D eigenvalue weighted by molar-refractivity contribution is 6.16. The van der Waals surface area contributed by atoms with Crippen LogP contribution in [0.5, 0.6) is 5.75 Å². The van der Waals surface area contributed by atoms with Gasteiger partial charge in [-0.2, -0.15) is 0 Å². The predicted molar refractivity (Wildman–Crippen MR) is 192 cm³/mol. The Labute approximate surface area is 269 Å². The molecule has 0 N–H and O–H groups in total. The van der Waals surface area contributed by atoms with E-state index in [9.17, 15) is 0 Å². The van der Waals surface area contributed by atoms with Gasteiger partial charge in [-0.15, -0.1) is 0 Å². The maximum atomic E-state index is 7.64. The molecule has 1 heterocycles. The van der Waals surface area contributed by atoms with E-state index in [0.29, 0.717) is 0 Å². The largest absolute Gasteiger partial charge is 0.472 e. The van der Waals surface area contributed by atoms with Gasteiger partial charge in [0, 0.05) is 27.5 Å². The average Bonchev–Trinajstić information content (AvgIpc) is 3.55. The van der Waals surface area contributed by atoms with Crippen LogP contribution in [0.4, 0.5) is 0 Å². The van der Waals surface area contributed by atoms with E-state index < -0.39 is 5.60 Å². The molecule has 7 aromatic rings. The standard InChI is InChI=1S/C45H32O/c1-27-20-21-36-39(26-27)44(2,3)42-37-24-25-45(28-12-5-4-6-13-28,46-43(37)34-17-10-9-16-32(34)41(36)42)38-23-22-33-30-15-8-7-14-29(30)31-18-11-19-35(38)40(31)33/h4-26H,1-3H3. The Bertz CT molecular complexity index is 2450. The van der Waals surface area contributed by atoms with Crippen molar-refractivity contribution in [1.82, 2.24) is 0 Å². The molecular formula is C45H32O. The first-order valence-electron chi connectivity index (χ1n) is 16.3. The Morgan fingerprint density at radius 2 is 1.20 bits per heavy atom. The Kier molecular flexibility index (Phi) is 4.99. The lowest BCUT2D eigenvalue weighted by Gasteiger charge is -2.39. The van der Waals surface area contributed by atoms with E-state index in [4.69, 9.17) is 4.74 Å². The Morgan fingerprint density at radius 3 is 2.00 bits per heavy atom. The smallest absolute Gasteiger partial charge is 0.178 e. The Hall–Kier alpha value is -5.40. The van der Waals surface area contributed by atoms with E-state index in [2.05, 4.69) is 160 Å². The van der Waals surface area contributed by atoms with Gasteiger partial charge in [-0.1, -0.05) is 153 Å². The van der Waals surface area contributed by atoms with Crippen LogP contribution < -0.4 is 4.74 Å². The minimum atomic E-state index is -0.816. The molecule has 2 aliphatic carbocycles. The molecule has 0 amide bonds. The van der Waals surface area contributed by atoms with Gasteiger partial charge in [0.15, 0.2) is 5.60 Å². The second-order valence-electron chi connectivity index (χ2n) is 13.7. The van der Waals surface area contributed by atoms with Crippen LogP contribution in [-0.4, -0.2) is 0 Å². The quantitative estimate of drug-likeness (QED) is 0.195. The summed E-state index contributed by atoms with van der Waals surface area (Å²) in [5.74, 6) is 0.963. The molecule has 0 aromatic heterocycles. The van der Waals surface area contributed by atoms with Crippen molar-refractivity contribution in [3.8, 4) is 39.1 Å². The fourth-order valence-corrected chi connectivity index (χ4v) is 8.82. The summed E-state index contributed by atoms with van der Waals surface area (Å²) in [5, 5.41) is 4.95. The molecule has 0 radical (unpaired) electrons. The maximum absolute atomic E-state index is 7.64. The zero-order valence-electron chi connectivity index (χ0n) is 26.2. The van der Waals surface area contributed by atoms with Gasteiger partial charge in [0.1, 0.15) is 5.75 Å². The van der Waals surface area contributed by atoms with Crippen LogP contribution in [-0.2, 0) is 11.0 Å². The third kappa shape index (κ3) is 3.15. The van der Waals surface area contributed by atoms with Gasteiger partial charge in [-0.25, -0.2) is 0 Å². The van der Waals surface area contributed by atoms with Crippen molar-refractivity contribution in [2.75, 3.05) is 0 Å². The zero-order chi connectivity index (χ0) is 30.8. The lowest BCUT2D eigenvalue weighted by atomic mass is 9.76. The zero-order valence-corrected chi connectivity index (χ0v) is 26.2. The summed E-state index contributed by atoms with van der Waals surface area (Å²) in [4.78, 5) is 0. The highest BCUT2D eigenvalue weighted by Crippen LogP contribution is 2.59. The van der Waals surface area contributed by atoms with Crippen molar-refractivity contribution in [2.24, 2.45) is 0 Å². The number of hydrogen-bond donors (Lipinski definition) is 0. The third-order valence-electron chi connectivity index (χ3n) is 10.8. The van der Waals surface area contributed by atoms with Crippen LogP contribution in [0.1, 0.15) is 47.2 Å². The minimum absolute atomic E-state index is 0.168. The van der Waals surface area contributed by atoms with Crippen LogP contribution in [0.25, 0.3) is 61.0 Å². The normalized spacial score (nSPS) is 17.8. The highest BCUT2D eigenvalue weighted by Gasteiger charge is 2.45. The fourth-order valence-electron chi connectivity index (χ4n) is 8.82. The van der Waals surface area contributed by atoms with Gasteiger partial charge in [0.05, 0.1) is 0 Å². The SMILES string of the molecule is Cc1ccc2c(c1)C(C)(C)c1c3c(c4ccccc4c1-2)OC(c1ccccc1)(c1ccc2c4c(cccc14)-c1ccccc1-2)C=C3. The van der Waals surface area contributed by atoms with Crippen LogP contribution in [0.15, 0.2) is 133 Å². The fraction of sp³-hybridized carbons (Fsp3) is 0.111. The number of aryl methyl sites for hydroxylation is 1. The van der Waals surface area contributed by atoms with Crippen LogP contribution in [0, 0.1) is 6.92 Å². The van der Waals surface area contributed by atoms with E-state index in [-0.39, 0.29) is 5.41 Å². The molecule has 1 nitrogen and oxygen atoms in total. The number of hydrogen-bond acceptors (Lipinski definition) is 1. The molecule has 0 saturated heterocycles. The van der Waals surface area contributed by atoms with Gasteiger partial charge in [-0.05, 0) is 73.7 Å².